The quantitative estimate of drug-likeness (QED) is 0.788. The summed E-state index contributed by atoms with van der Waals surface area (Å²) in [6.45, 7) is 5.99. The molecule has 0 bridgehead atoms. The Labute approximate surface area is 109 Å². The molecule has 0 fully saturated rings. The van der Waals surface area contributed by atoms with Gasteiger partial charge in [-0.05, 0) is 33.2 Å². The second kappa shape index (κ2) is 5.98. The van der Waals surface area contributed by atoms with E-state index in [1.54, 1.807) is 0 Å². The lowest BCUT2D eigenvalue weighted by Gasteiger charge is -2.11. The molecule has 0 amide bonds. The van der Waals surface area contributed by atoms with Crippen molar-refractivity contribution in [1.82, 2.24) is 19.8 Å². The maximum atomic E-state index is 4.69. The first-order valence-electron chi connectivity index (χ1n) is 6.52. The predicted octanol–water partition coefficient (Wildman–Crippen LogP) is 1.71. The van der Waals surface area contributed by atoms with E-state index in [4.69, 9.17) is 0 Å². The molecule has 0 spiro atoms. The van der Waals surface area contributed by atoms with Gasteiger partial charge in [0.05, 0.1) is 17.6 Å². The van der Waals surface area contributed by atoms with Crippen molar-refractivity contribution in [3.63, 3.8) is 0 Å². The Morgan fingerprint density at radius 1 is 1.28 bits per heavy atom. The molecule has 0 saturated heterocycles. The summed E-state index contributed by atoms with van der Waals surface area (Å²) in [5.74, 6) is 1.12. The van der Waals surface area contributed by atoms with E-state index in [9.17, 15) is 0 Å². The van der Waals surface area contributed by atoms with Crippen LogP contribution in [0.25, 0.3) is 11.0 Å². The first-order valence-corrected chi connectivity index (χ1v) is 6.52. The van der Waals surface area contributed by atoms with E-state index in [-0.39, 0.29) is 0 Å². The monoisotopic (exact) mass is 246 g/mol. The lowest BCUT2D eigenvalue weighted by atomic mass is 10.3. The average molecular weight is 246 g/mol. The standard InChI is InChI=1S/C14H22N4/c1-4-18-13-8-6-5-7-12(13)16-14(18)11-15-9-10-17(2)3/h5-8,15H,4,9-11H2,1-3H3. The third-order valence-corrected chi connectivity index (χ3v) is 3.07. The van der Waals surface area contributed by atoms with Gasteiger partial charge in [0.1, 0.15) is 5.82 Å². The third kappa shape index (κ3) is 2.89. The number of rotatable bonds is 6. The molecule has 4 nitrogen and oxygen atoms in total. The molecule has 4 heteroatoms. The minimum atomic E-state index is 0.830. The normalized spacial score (nSPS) is 11.6. The second-order valence-electron chi connectivity index (χ2n) is 4.74. The van der Waals surface area contributed by atoms with Gasteiger partial charge < -0.3 is 14.8 Å². The molecule has 0 radical (unpaired) electrons. The summed E-state index contributed by atoms with van der Waals surface area (Å²) in [7, 11) is 4.17. The number of hydrogen-bond acceptors (Lipinski definition) is 3. The zero-order chi connectivity index (χ0) is 13.0. The van der Waals surface area contributed by atoms with Crippen LogP contribution in [-0.4, -0.2) is 41.6 Å². The molecule has 0 saturated carbocycles. The number of likely N-dealkylation sites (N-methyl/N-ethyl adjacent to an activating group) is 1. The highest BCUT2D eigenvalue weighted by molar-refractivity contribution is 5.75. The van der Waals surface area contributed by atoms with E-state index in [2.05, 4.69) is 59.0 Å². The van der Waals surface area contributed by atoms with E-state index in [1.807, 2.05) is 6.07 Å². The number of nitrogens with one attached hydrogen (secondary N) is 1. The summed E-state index contributed by atoms with van der Waals surface area (Å²) < 4.78 is 2.28. The SMILES string of the molecule is CCn1c(CNCCN(C)C)nc2ccccc21. The predicted molar refractivity (Wildman–Crippen MR) is 75.7 cm³/mol. The van der Waals surface area contributed by atoms with E-state index < -0.39 is 0 Å². The fourth-order valence-electron chi connectivity index (χ4n) is 2.12. The maximum Gasteiger partial charge on any atom is 0.123 e. The van der Waals surface area contributed by atoms with E-state index in [1.165, 1.54) is 5.52 Å². The van der Waals surface area contributed by atoms with Crippen molar-refractivity contribution < 1.29 is 0 Å². The summed E-state index contributed by atoms with van der Waals surface area (Å²) in [6.07, 6.45) is 0. The van der Waals surface area contributed by atoms with Crippen molar-refractivity contribution >= 4 is 11.0 Å². The number of para-hydroxylation sites is 2. The molecule has 2 aromatic rings. The number of aryl methyl sites for hydroxylation is 1. The fourth-order valence-corrected chi connectivity index (χ4v) is 2.12. The van der Waals surface area contributed by atoms with Crippen LogP contribution in [0.15, 0.2) is 24.3 Å². The molecule has 1 aromatic carbocycles. The number of imidazole rings is 1. The van der Waals surface area contributed by atoms with Crippen molar-refractivity contribution in [3.8, 4) is 0 Å². The maximum absolute atomic E-state index is 4.69. The minimum Gasteiger partial charge on any atom is -0.327 e. The lowest BCUT2D eigenvalue weighted by molar-refractivity contribution is 0.398. The Bertz CT molecular complexity index is 501. The first kappa shape index (κ1) is 13.1. The van der Waals surface area contributed by atoms with Crippen LogP contribution in [-0.2, 0) is 13.1 Å². The molecular weight excluding hydrogens is 224 g/mol. The molecule has 18 heavy (non-hydrogen) atoms. The van der Waals surface area contributed by atoms with Crippen LogP contribution in [0, 0.1) is 0 Å². The van der Waals surface area contributed by atoms with Gasteiger partial charge in [0, 0.05) is 19.6 Å². The number of fused-ring (bicyclic) bond motifs is 1. The van der Waals surface area contributed by atoms with Crippen LogP contribution in [0.1, 0.15) is 12.7 Å². The van der Waals surface area contributed by atoms with Crippen LogP contribution in [0.4, 0.5) is 0 Å². The molecule has 0 aliphatic rings. The van der Waals surface area contributed by atoms with E-state index in [0.29, 0.717) is 0 Å². The first-order chi connectivity index (χ1) is 8.72. The van der Waals surface area contributed by atoms with Crippen LogP contribution >= 0.6 is 0 Å². The summed E-state index contributed by atoms with van der Waals surface area (Å²) in [5.41, 5.74) is 2.31. The van der Waals surface area contributed by atoms with E-state index in [0.717, 1.165) is 37.5 Å². The van der Waals surface area contributed by atoms with Crippen molar-refractivity contribution in [2.45, 2.75) is 20.0 Å². The molecule has 0 unspecified atom stereocenters. The number of aromatic nitrogens is 2. The molecular formula is C14H22N4. The Hall–Kier alpha value is -1.39. The minimum absolute atomic E-state index is 0.830. The molecule has 0 aliphatic carbocycles. The Morgan fingerprint density at radius 2 is 2.06 bits per heavy atom. The van der Waals surface area contributed by atoms with Gasteiger partial charge in [-0.25, -0.2) is 4.98 Å². The van der Waals surface area contributed by atoms with Crippen molar-refractivity contribution in [1.29, 1.82) is 0 Å². The largest absolute Gasteiger partial charge is 0.327 e. The van der Waals surface area contributed by atoms with Crippen LogP contribution in [0.2, 0.25) is 0 Å². The molecule has 0 aliphatic heterocycles. The zero-order valence-electron chi connectivity index (χ0n) is 11.5. The Morgan fingerprint density at radius 3 is 2.78 bits per heavy atom. The summed E-state index contributed by atoms with van der Waals surface area (Å²) >= 11 is 0. The van der Waals surface area contributed by atoms with Gasteiger partial charge in [0.25, 0.3) is 0 Å². The molecule has 98 valence electrons. The van der Waals surface area contributed by atoms with Crippen molar-refractivity contribution in [2.75, 3.05) is 27.2 Å². The highest BCUT2D eigenvalue weighted by Crippen LogP contribution is 2.15. The summed E-state index contributed by atoms with van der Waals surface area (Å²) in [6, 6.07) is 8.32. The second-order valence-corrected chi connectivity index (χ2v) is 4.74. The van der Waals surface area contributed by atoms with Crippen LogP contribution in [0.5, 0.6) is 0 Å². The van der Waals surface area contributed by atoms with Gasteiger partial charge >= 0.3 is 0 Å². The zero-order valence-corrected chi connectivity index (χ0v) is 11.5. The summed E-state index contributed by atoms with van der Waals surface area (Å²) in [4.78, 5) is 6.86. The Kier molecular flexibility index (Phi) is 4.33. The van der Waals surface area contributed by atoms with E-state index >= 15 is 0 Å². The van der Waals surface area contributed by atoms with Gasteiger partial charge in [-0.2, -0.15) is 0 Å². The highest BCUT2D eigenvalue weighted by atomic mass is 15.1. The lowest BCUT2D eigenvalue weighted by Crippen LogP contribution is -2.27. The highest BCUT2D eigenvalue weighted by Gasteiger charge is 2.07. The third-order valence-electron chi connectivity index (χ3n) is 3.07. The van der Waals surface area contributed by atoms with Crippen molar-refractivity contribution in [2.24, 2.45) is 0 Å². The Balaban J connectivity index is 2.08. The van der Waals surface area contributed by atoms with Gasteiger partial charge in [-0.1, -0.05) is 12.1 Å². The van der Waals surface area contributed by atoms with Gasteiger partial charge in [-0.15, -0.1) is 0 Å². The smallest absolute Gasteiger partial charge is 0.123 e. The molecule has 1 N–H and O–H groups in total. The van der Waals surface area contributed by atoms with Crippen LogP contribution in [0.3, 0.4) is 0 Å². The average Bonchev–Trinajstić information content (AvgIpc) is 2.71. The number of nitrogens with zero attached hydrogens (tertiary/aromatic N) is 3. The number of hydrogen-bond donors (Lipinski definition) is 1. The summed E-state index contributed by atoms with van der Waals surface area (Å²) in [5, 5.41) is 3.44. The number of benzene rings is 1. The van der Waals surface area contributed by atoms with Crippen molar-refractivity contribution in [3.05, 3.63) is 30.1 Å². The molecule has 1 heterocycles. The fraction of sp³-hybridized carbons (Fsp3) is 0.500. The molecule has 2 rings (SSSR count). The molecule has 1 aromatic heterocycles. The van der Waals surface area contributed by atoms with Gasteiger partial charge in [0.2, 0.25) is 0 Å². The van der Waals surface area contributed by atoms with Gasteiger partial charge in [-0.3, -0.25) is 0 Å². The molecule has 0 atom stereocenters. The topological polar surface area (TPSA) is 33.1 Å². The van der Waals surface area contributed by atoms with Gasteiger partial charge in [0.15, 0.2) is 0 Å². The van der Waals surface area contributed by atoms with Crippen LogP contribution < -0.4 is 5.32 Å².